The van der Waals surface area contributed by atoms with Crippen LogP contribution in [0.2, 0.25) is 0 Å². The Hall–Kier alpha value is -2.74. The number of carbonyl (C=O) groups excluding carboxylic acids is 1. The summed E-state index contributed by atoms with van der Waals surface area (Å²) in [6.45, 7) is 2.12. The maximum Gasteiger partial charge on any atom is 0.266 e. The fourth-order valence-corrected chi connectivity index (χ4v) is 3.76. The number of aromatic nitrogens is 3. The van der Waals surface area contributed by atoms with Crippen LogP contribution in [-0.4, -0.2) is 40.3 Å². The second-order valence-electron chi connectivity index (χ2n) is 5.94. The summed E-state index contributed by atoms with van der Waals surface area (Å²) in [4.78, 5) is 30.5. The summed E-state index contributed by atoms with van der Waals surface area (Å²) in [6.07, 6.45) is 1.56. The highest BCUT2D eigenvalue weighted by atomic mass is 32.1. The Balaban J connectivity index is 1.28. The van der Waals surface area contributed by atoms with E-state index in [1.807, 2.05) is 18.2 Å². The lowest BCUT2D eigenvalue weighted by Gasteiger charge is -2.37. The number of benzene rings is 1. The molecule has 1 fully saturated rings. The van der Waals surface area contributed by atoms with Crippen LogP contribution in [0, 0.1) is 5.92 Å². The van der Waals surface area contributed by atoms with Crippen LogP contribution in [0.3, 0.4) is 0 Å². The Morgan fingerprint density at radius 1 is 1.24 bits per heavy atom. The number of hydrogen-bond acceptors (Lipinski definition) is 6. The molecule has 0 radical (unpaired) electrons. The van der Waals surface area contributed by atoms with Crippen molar-refractivity contribution in [3.8, 4) is 0 Å². The lowest BCUT2D eigenvalue weighted by Crippen LogP contribution is -2.54. The van der Waals surface area contributed by atoms with E-state index >= 15 is 0 Å². The van der Waals surface area contributed by atoms with E-state index in [0.717, 1.165) is 15.3 Å². The average Bonchev–Trinajstić information content (AvgIpc) is 2.98. The normalized spacial score (nSPS) is 14.5. The highest BCUT2D eigenvalue weighted by Crippen LogP contribution is 2.32. The lowest BCUT2D eigenvalue weighted by atomic mass is 10.0. The van der Waals surface area contributed by atoms with Gasteiger partial charge in [0.2, 0.25) is 5.91 Å². The molecule has 0 atom stereocenters. The van der Waals surface area contributed by atoms with Crippen molar-refractivity contribution in [2.75, 3.05) is 24.5 Å². The maximum atomic E-state index is 12.2. The highest BCUT2D eigenvalue weighted by Gasteiger charge is 2.34. The SMILES string of the molecule is O=C(NCCn1ncccc1=O)C1CN(c2nc3ccccc3s2)C1. The molecule has 25 heavy (non-hydrogen) atoms. The third kappa shape index (κ3) is 3.25. The van der Waals surface area contributed by atoms with Gasteiger partial charge in [-0.3, -0.25) is 9.59 Å². The molecule has 1 aromatic carbocycles. The Kier molecular flexibility index (Phi) is 4.19. The Morgan fingerprint density at radius 2 is 2.08 bits per heavy atom. The molecule has 0 unspecified atom stereocenters. The van der Waals surface area contributed by atoms with Gasteiger partial charge < -0.3 is 10.2 Å². The van der Waals surface area contributed by atoms with Crippen molar-refractivity contribution in [1.29, 1.82) is 0 Å². The third-order valence-corrected chi connectivity index (χ3v) is 5.31. The predicted molar refractivity (Wildman–Crippen MR) is 96.8 cm³/mol. The molecule has 1 aliphatic rings. The van der Waals surface area contributed by atoms with Gasteiger partial charge in [-0.05, 0) is 18.2 Å². The summed E-state index contributed by atoms with van der Waals surface area (Å²) >= 11 is 1.65. The van der Waals surface area contributed by atoms with Crippen LogP contribution in [0.4, 0.5) is 5.13 Å². The molecule has 3 heterocycles. The van der Waals surface area contributed by atoms with Crippen LogP contribution in [0.15, 0.2) is 47.4 Å². The van der Waals surface area contributed by atoms with E-state index in [2.05, 4.69) is 26.4 Å². The van der Waals surface area contributed by atoms with Crippen LogP contribution >= 0.6 is 11.3 Å². The molecule has 8 heteroatoms. The van der Waals surface area contributed by atoms with Crippen LogP contribution in [0.5, 0.6) is 0 Å². The summed E-state index contributed by atoms with van der Waals surface area (Å²) in [6, 6.07) is 11.1. The van der Waals surface area contributed by atoms with Gasteiger partial charge >= 0.3 is 0 Å². The summed E-state index contributed by atoms with van der Waals surface area (Å²) in [5, 5.41) is 7.80. The van der Waals surface area contributed by atoms with Gasteiger partial charge in [0.1, 0.15) is 0 Å². The minimum Gasteiger partial charge on any atom is -0.354 e. The quantitative estimate of drug-likeness (QED) is 0.741. The summed E-state index contributed by atoms with van der Waals surface area (Å²) < 4.78 is 2.50. The Bertz CT molecular complexity index is 928. The molecular formula is C17H17N5O2S. The fourth-order valence-electron chi connectivity index (χ4n) is 2.78. The number of nitrogens with zero attached hydrogens (tertiary/aromatic N) is 4. The van der Waals surface area contributed by atoms with Crippen LogP contribution < -0.4 is 15.8 Å². The summed E-state index contributed by atoms with van der Waals surface area (Å²) in [5.74, 6) is -0.0196. The van der Waals surface area contributed by atoms with Crippen LogP contribution in [0.1, 0.15) is 0 Å². The van der Waals surface area contributed by atoms with Gasteiger partial charge in [0, 0.05) is 31.9 Å². The number of amides is 1. The Labute approximate surface area is 147 Å². The number of rotatable bonds is 5. The molecule has 4 rings (SSSR count). The van der Waals surface area contributed by atoms with Crippen molar-refractivity contribution >= 4 is 32.6 Å². The van der Waals surface area contributed by atoms with Gasteiger partial charge in [-0.2, -0.15) is 5.10 Å². The molecule has 2 aromatic heterocycles. The second kappa shape index (κ2) is 6.64. The number of fused-ring (bicyclic) bond motifs is 1. The number of para-hydroxylation sites is 1. The van der Waals surface area contributed by atoms with Gasteiger partial charge in [-0.15, -0.1) is 0 Å². The van der Waals surface area contributed by atoms with Gasteiger partial charge in [0.25, 0.3) is 5.56 Å². The van der Waals surface area contributed by atoms with Crippen molar-refractivity contribution in [2.45, 2.75) is 6.54 Å². The highest BCUT2D eigenvalue weighted by molar-refractivity contribution is 7.22. The van der Waals surface area contributed by atoms with Gasteiger partial charge in [-0.25, -0.2) is 9.67 Å². The fraction of sp³-hybridized carbons (Fsp3) is 0.294. The molecule has 0 spiro atoms. The van der Waals surface area contributed by atoms with Gasteiger partial charge in [-0.1, -0.05) is 23.5 Å². The largest absolute Gasteiger partial charge is 0.354 e. The molecule has 0 aliphatic carbocycles. The van der Waals surface area contributed by atoms with Crippen LogP contribution in [0.25, 0.3) is 10.2 Å². The summed E-state index contributed by atoms with van der Waals surface area (Å²) in [7, 11) is 0. The third-order valence-electron chi connectivity index (χ3n) is 4.21. The summed E-state index contributed by atoms with van der Waals surface area (Å²) in [5.41, 5.74) is 0.832. The monoisotopic (exact) mass is 355 g/mol. The van der Waals surface area contributed by atoms with Crippen molar-refractivity contribution in [3.63, 3.8) is 0 Å². The second-order valence-corrected chi connectivity index (χ2v) is 6.95. The first kappa shape index (κ1) is 15.8. The van der Waals surface area contributed by atoms with E-state index < -0.39 is 0 Å². The molecular weight excluding hydrogens is 338 g/mol. The van der Waals surface area contributed by atoms with E-state index in [0.29, 0.717) is 26.2 Å². The zero-order valence-electron chi connectivity index (χ0n) is 13.5. The first-order valence-electron chi connectivity index (χ1n) is 8.11. The topological polar surface area (TPSA) is 80.1 Å². The molecule has 128 valence electrons. The number of thiazole rings is 1. The zero-order chi connectivity index (χ0) is 17.2. The van der Waals surface area contributed by atoms with E-state index in [9.17, 15) is 9.59 Å². The Morgan fingerprint density at radius 3 is 2.88 bits per heavy atom. The zero-order valence-corrected chi connectivity index (χ0v) is 14.3. The van der Waals surface area contributed by atoms with E-state index in [-0.39, 0.29) is 17.4 Å². The molecule has 0 saturated carbocycles. The van der Waals surface area contributed by atoms with Crippen LogP contribution in [-0.2, 0) is 11.3 Å². The van der Waals surface area contributed by atoms with Crippen molar-refractivity contribution in [3.05, 3.63) is 52.9 Å². The average molecular weight is 355 g/mol. The van der Waals surface area contributed by atoms with E-state index in [1.54, 1.807) is 23.6 Å². The molecule has 0 bridgehead atoms. The number of hydrogen-bond donors (Lipinski definition) is 1. The molecule has 1 aliphatic heterocycles. The number of nitrogens with one attached hydrogen (secondary N) is 1. The number of anilines is 1. The first-order valence-corrected chi connectivity index (χ1v) is 8.93. The predicted octanol–water partition coefficient (Wildman–Crippen LogP) is 1.11. The van der Waals surface area contributed by atoms with E-state index in [4.69, 9.17) is 0 Å². The molecule has 1 amide bonds. The number of carbonyl (C=O) groups is 1. The van der Waals surface area contributed by atoms with Crippen molar-refractivity contribution < 1.29 is 4.79 Å². The first-order chi connectivity index (χ1) is 12.2. The smallest absolute Gasteiger partial charge is 0.266 e. The minimum atomic E-state index is -0.164. The molecule has 1 saturated heterocycles. The molecule has 1 N–H and O–H groups in total. The molecule has 7 nitrogen and oxygen atoms in total. The standard InChI is InChI=1S/C17H17N5O2S/c23-15-6-3-7-19-22(15)9-8-18-16(24)12-10-21(11-12)17-20-13-4-1-2-5-14(13)25-17/h1-7,12H,8-11H2,(H,18,24). The maximum absolute atomic E-state index is 12.2. The van der Waals surface area contributed by atoms with Gasteiger partial charge in [0.15, 0.2) is 5.13 Å². The molecule has 3 aromatic rings. The van der Waals surface area contributed by atoms with Gasteiger partial charge in [0.05, 0.1) is 22.7 Å². The van der Waals surface area contributed by atoms with Crippen molar-refractivity contribution in [1.82, 2.24) is 20.1 Å². The van der Waals surface area contributed by atoms with E-state index in [1.165, 1.54) is 10.7 Å². The van der Waals surface area contributed by atoms with Crippen molar-refractivity contribution in [2.24, 2.45) is 5.92 Å². The lowest BCUT2D eigenvalue weighted by molar-refractivity contribution is -0.125. The minimum absolute atomic E-state index is 0.0151.